The van der Waals surface area contributed by atoms with E-state index >= 15 is 0 Å². The maximum Gasteiger partial charge on any atom is 0.269 e. The fourth-order valence-corrected chi connectivity index (χ4v) is 3.95. The third kappa shape index (κ3) is 5.07. The molecule has 11 heteroatoms. The second-order valence-corrected chi connectivity index (χ2v) is 8.87. The second-order valence-electron chi connectivity index (χ2n) is 6.96. The van der Waals surface area contributed by atoms with Crippen molar-refractivity contribution >= 4 is 33.1 Å². The first-order valence-electron chi connectivity index (χ1n) is 9.21. The number of carbonyl (C=O) groups excluding carboxylic acids is 1. The number of benzene rings is 2. The Bertz CT molecular complexity index is 1240. The molecular weight excluding hydrogens is 422 g/mol. The molecule has 0 unspecified atom stereocenters. The summed E-state index contributed by atoms with van der Waals surface area (Å²) in [6, 6.07) is 14.2. The Balaban J connectivity index is 1.86. The van der Waals surface area contributed by atoms with Crippen molar-refractivity contribution in [3.63, 3.8) is 0 Å². The molecule has 3 rings (SSSR count). The first-order valence-corrected chi connectivity index (χ1v) is 11.1. The van der Waals surface area contributed by atoms with Gasteiger partial charge in [-0.1, -0.05) is 18.2 Å². The van der Waals surface area contributed by atoms with Crippen LogP contribution in [0.3, 0.4) is 0 Å². The van der Waals surface area contributed by atoms with E-state index in [1.54, 1.807) is 44.2 Å². The van der Waals surface area contributed by atoms with Gasteiger partial charge in [0.2, 0.25) is 15.9 Å². The van der Waals surface area contributed by atoms with E-state index in [0.717, 1.165) is 10.6 Å². The summed E-state index contributed by atoms with van der Waals surface area (Å²) in [5.74, 6) is -0.244. The quantitative estimate of drug-likeness (QED) is 0.442. The Labute approximate surface area is 179 Å². The molecule has 0 bridgehead atoms. The number of hydrogen-bond acceptors (Lipinski definition) is 6. The van der Waals surface area contributed by atoms with Crippen LogP contribution in [0.2, 0.25) is 0 Å². The van der Waals surface area contributed by atoms with Crippen molar-refractivity contribution in [1.29, 1.82) is 0 Å². The van der Waals surface area contributed by atoms with Crippen LogP contribution >= 0.6 is 0 Å². The lowest BCUT2D eigenvalue weighted by Gasteiger charge is -2.23. The molecule has 0 aliphatic heterocycles. The fraction of sp³-hybridized carbons (Fsp3) is 0.200. The second kappa shape index (κ2) is 8.56. The molecule has 0 saturated carbocycles. The Morgan fingerprint density at radius 3 is 2.39 bits per heavy atom. The molecule has 10 nitrogen and oxygen atoms in total. The summed E-state index contributed by atoms with van der Waals surface area (Å²) in [6.45, 7) is 3.07. The van der Waals surface area contributed by atoms with Crippen LogP contribution in [0.1, 0.15) is 11.3 Å². The van der Waals surface area contributed by atoms with Gasteiger partial charge in [-0.15, -0.1) is 0 Å². The molecule has 0 aliphatic carbocycles. The summed E-state index contributed by atoms with van der Waals surface area (Å²) in [6.07, 6.45) is 1.04. The lowest BCUT2D eigenvalue weighted by Crippen LogP contribution is -2.38. The van der Waals surface area contributed by atoms with Gasteiger partial charge in [-0.3, -0.25) is 19.2 Å². The van der Waals surface area contributed by atoms with Gasteiger partial charge in [0, 0.05) is 18.2 Å². The number of nitro groups is 1. The van der Waals surface area contributed by atoms with E-state index in [9.17, 15) is 23.3 Å². The minimum atomic E-state index is -3.71. The summed E-state index contributed by atoms with van der Waals surface area (Å²) in [5.41, 5.74) is 2.17. The van der Waals surface area contributed by atoms with Crippen LogP contribution in [0, 0.1) is 24.0 Å². The summed E-state index contributed by atoms with van der Waals surface area (Å²) < 4.78 is 27.1. The van der Waals surface area contributed by atoms with Crippen LogP contribution in [0.4, 0.5) is 17.2 Å². The van der Waals surface area contributed by atoms with E-state index in [1.807, 2.05) is 0 Å². The Hall–Kier alpha value is -3.73. The highest BCUT2D eigenvalue weighted by molar-refractivity contribution is 7.92. The molecule has 1 N–H and O–H groups in total. The number of nitro benzene ring substituents is 1. The number of carbonyl (C=O) groups is 1. The van der Waals surface area contributed by atoms with E-state index in [2.05, 4.69) is 10.4 Å². The number of non-ortho nitro benzene ring substituents is 1. The van der Waals surface area contributed by atoms with Crippen LogP contribution in [-0.4, -0.2) is 41.8 Å². The maximum atomic E-state index is 12.7. The lowest BCUT2D eigenvalue weighted by molar-refractivity contribution is -0.384. The molecular formula is C20H21N5O5S. The van der Waals surface area contributed by atoms with Crippen molar-refractivity contribution in [1.82, 2.24) is 9.78 Å². The zero-order valence-electron chi connectivity index (χ0n) is 17.1. The van der Waals surface area contributed by atoms with E-state index < -0.39 is 27.4 Å². The standard InChI is InChI=1S/C20H21N5O5S/c1-14-6-4-5-7-18(14)23(31(3,29)30)13-20(26)21-19-12-15(2)22-24(19)16-8-10-17(11-9-16)25(27)28/h4-12H,13H2,1-3H3,(H,21,26). The van der Waals surface area contributed by atoms with E-state index in [0.29, 0.717) is 28.5 Å². The number of para-hydroxylation sites is 1. The molecule has 0 aliphatic rings. The Kier molecular flexibility index (Phi) is 6.07. The molecule has 162 valence electrons. The molecule has 3 aromatic rings. The normalized spacial score (nSPS) is 11.2. The van der Waals surface area contributed by atoms with Crippen molar-refractivity contribution in [3.8, 4) is 5.69 Å². The molecule has 31 heavy (non-hydrogen) atoms. The van der Waals surface area contributed by atoms with Gasteiger partial charge in [-0.2, -0.15) is 5.10 Å². The minimum Gasteiger partial charge on any atom is -0.309 e. The SMILES string of the molecule is Cc1cc(NC(=O)CN(c2ccccc2C)S(C)(=O)=O)n(-c2ccc([N+](=O)[O-])cc2)n1. The third-order valence-electron chi connectivity index (χ3n) is 4.48. The lowest BCUT2D eigenvalue weighted by atomic mass is 10.2. The van der Waals surface area contributed by atoms with Gasteiger partial charge in [-0.05, 0) is 37.6 Å². The highest BCUT2D eigenvalue weighted by Crippen LogP contribution is 2.23. The third-order valence-corrected chi connectivity index (χ3v) is 5.60. The topological polar surface area (TPSA) is 127 Å². The molecule has 0 saturated heterocycles. The van der Waals surface area contributed by atoms with E-state index in [4.69, 9.17) is 0 Å². The van der Waals surface area contributed by atoms with Crippen LogP contribution in [-0.2, 0) is 14.8 Å². The average molecular weight is 443 g/mol. The van der Waals surface area contributed by atoms with Crippen LogP contribution in [0.5, 0.6) is 0 Å². The molecule has 0 fully saturated rings. The predicted molar refractivity (Wildman–Crippen MR) is 117 cm³/mol. The largest absolute Gasteiger partial charge is 0.309 e. The highest BCUT2D eigenvalue weighted by Gasteiger charge is 2.23. The van der Waals surface area contributed by atoms with E-state index in [1.165, 1.54) is 28.9 Å². The van der Waals surface area contributed by atoms with Gasteiger partial charge in [0.15, 0.2) is 0 Å². The smallest absolute Gasteiger partial charge is 0.269 e. The number of aryl methyl sites for hydroxylation is 2. The summed E-state index contributed by atoms with van der Waals surface area (Å²) >= 11 is 0. The van der Waals surface area contributed by atoms with Crippen molar-refractivity contribution in [3.05, 3.63) is 76.0 Å². The molecule has 2 aromatic carbocycles. The number of nitrogens with one attached hydrogen (secondary N) is 1. The number of sulfonamides is 1. The van der Waals surface area contributed by atoms with Gasteiger partial charge < -0.3 is 5.32 Å². The summed E-state index contributed by atoms with van der Waals surface area (Å²) in [4.78, 5) is 23.1. The monoisotopic (exact) mass is 443 g/mol. The molecule has 0 radical (unpaired) electrons. The molecule has 1 heterocycles. The maximum absolute atomic E-state index is 12.7. The van der Waals surface area contributed by atoms with Gasteiger partial charge in [-0.25, -0.2) is 13.1 Å². The molecule has 1 amide bonds. The zero-order valence-corrected chi connectivity index (χ0v) is 18.0. The highest BCUT2D eigenvalue weighted by atomic mass is 32.2. The number of anilines is 2. The van der Waals surface area contributed by atoms with Crippen molar-refractivity contribution in [2.75, 3.05) is 22.4 Å². The number of rotatable bonds is 7. The number of nitrogens with zero attached hydrogens (tertiary/aromatic N) is 4. The molecule has 0 atom stereocenters. The predicted octanol–water partition coefficient (Wildman–Crippen LogP) is 2.80. The Morgan fingerprint density at radius 2 is 1.81 bits per heavy atom. The van der Waals surface area contributed by atoms with Crippen molar-refractivity contribution < 1.29 is 18.1 Å². The number of aromatic nitrogens is 2. The minimum absolute atomic E-state index is 0.0692. The van der Waals surface area contributed by atoms with Crippen LogP contribution in [0.15, 0.2) is 54.6 Å². The van der Waals surface area contributed by atoms with Gasteiger partial charge in [0.25, 0.3) is 5.69 Å². The number of amides is 1. The van der Waals surface area contributed by atoms with Crippen LogP contribution in [0.25, 0.3) is 5.69 Å². The van der Waals surface area contributed by atoms with Crippen molar-refractivity contribution in [2.45, 2.75) is 13.8 Å². The van der Waals surface area contributed by atoms with Crippen LogP contribution < -0.4 is 9.62 Å². The van der Waals surface area contributed by atoms with E-state index in [-0.39, 0.29) is 5.69 Å². The fourth-order valence-electron chi connectivity index (χ4n) is 3.04. The van der Waals surface area contributed by atoms with Gasteiger partial charge >= 0.3 is 0 Å². The average Bonchev–Trinajstić information content (AvgIpc) is 3.06. The summed E-state index contributed by atoms with van der Waals surface area (Å²) in [7, 11) is -3.71. The van der Waals surface area contributed by atoms with Gasteiger partial charge in [0.1, 0.15) is 12.4 Å². The van der Waals surface area contributed by atoms with Gasteiger partial charge in [0.05, 0.1) is 28.2 Å². The molecule has 0 spiro atoms. The summed E-state index contributed by atoms with van der Waals surface area (Å²) in [5, 5.41) is 17.9. The first-order chi connectivity index (χ1) is 14.6. The number of hydrogen-bond donors (Lipinski definition) is 1. The molecule has 1 aromatic heterocycles. The Morgan fingerprint density at radius 1 is 1.16 bits per heavy atom. The first kappa shape index (κ1) is 22.0. The van der Waals surface area contributed by atoms with Crippen molar-refractivity contribution in [2.24, 2.45) is 0 Å². The zero-order chi connectivity index (χ0) is 22.8.